The molecule has 0 fully saturated rings. The van der Waals surface area contributed by atoms with E-state index in [1.807, 2.05) is 38.1 Å². The first-order valence-corrected chi connectivity index (χ1v) is 10.3. The molecule has 8 heteroatoms. The smallest absolute Gasteiger partial charge is 0.344 e. The van der Waals surface area contributed by atoms with Crippen LogP contribution in [0.4, 0.5) is 0 Å². The molecule has 0 radical (unpaired) electrons. The summed E-state index contributed by atoms with van der Waals surface area (Å²) in [5.74, 6) is 0.328. The Morgan fingerprint density at radius 1 is 0.656 bits per heavy atom. The van der Waals surface area contributed by atoms with Crippen LogP contribution in [0, 0.1) is 0 Å². The van der Waals surface area contributed by atoms with Crippen LogP contribution in [0.15, 0.2) is 58.7 Å². The highest BCUT2D eigenvalue weighted by Gasteiger charge is 2.05. The quantitative estimate of drug-likeness (QED) is 0.300. The van der Waals surface area contributed by atoms with E-state index in [4.69, 9.17) is 18.9 Å². The zero-order chi connectivity index (χ0) is 23.3. The second-order valence-corrected chi connectivity index (χ2v) is 6.61. The normalized spacial score (nSPS) is 11.6. The third kappa shape index (κ3) is 8.22. The Balaban J connectivity index is 1.94. The summed E-state index contributed by atoms with van der Waals surface area (Å²) < 4.78 is 20.4. The summed E-state index contributed by atoms with van der Waals surface area (Å²) in [6, 6.07) is 14.4. The minimum Gasteiger partial charge on any atom is -0.482 e. The van der Waals surface area contributed by atoms with E-state index < -0.39 is 11.9 Å². The van der Waals surface area contributed by atoms with Crippen LogP contribution in [0.5, 0.6) is 11.5 Å². The monoisotopic (exact) mass is 440 g/mol. The van der Waals surface area contributed by atoms with E-state index in [1.54, 1.807) is 38.1 Å². The molecule has 2 aromatic rings. The molecule has 0 N–H and O–H groups in total. The fourth-order valence-electron chi connectivity index (χ4n) is 2.54. The van der Waals surface area contributed by atoms with Gasteiger partial charge in [0.1, 0.15) is 11.5 Å². The van der Waals surface area contributed by atoms with Crippen LogP contribution in [0.3, 0.4) is 0 Å². The van der Waals surface area contributed by atoms with Gasteiger partial charge in [-0.15, -0.1) is 0 Å². The number of rotatable bonds is 11. The third-order valence-electron chi connectivity index (χ3n) is 4.22. The van der Waals surface area contributed by atoms with Crippen molar-refractivity contribution in [3.8, 4) is 11.5 Å². The van der Waals surface area contributed by atoms with E-state index in [0.29, 0.717) is 24.7 Å². The van der Waals surface area contributed by atoms with E-state index in [9.17, 15) is 9.59 Å². The number of carbonyl (C=O) groups excluding carboxylic acids is 2. The fourth-order valence-corrected chi connectivity index (χ4v) is 2.54. The van der Waals surface area contributed by atoms with Crippen LogP contribution in [-0.4, -0.2) is 49.8 Å². The van der Waals surface area contributed by atoms with Crippen LogP contribution >= 0.6 is 0 Å². The Kier molecular flexibility index (Phi) is 9.90. The Hall–Kier alpha value is -3.68. The van der Waals surface area contributed by atoms with Crippen molar-refractivity contribution in [1.82, 2.24) is 0 Å². The number of benzene rings is 2. The van der Waals surface area contributed by atoms with Crippen molar-refractivity contribution >= 4 is 23.4 Å². The summed E-state index contributed by atoms with van der Waals surface area (Å²) in [5.41, 5.74) is 3.23. The van der Waals surface area contributed by atoms with Crippen LogP contribution in [0.2, 0.25) is 0 Å². The third-order valence-corrected chi connectivity index (χ3v) is 4.22. The van der Waals surface area contributed by atoms with E-state index >= 15 is 0 Å². The number of hydrogen-bond acceptors (Lipinski definition) is 8. The molecule has 170 valence electrons. The number of ether oxygens (including phenoxy) is 4. The highest BCUT2D eigenvalue weighted by atomic mass is 16.6. The topological polar surface area (TPSA) is 95.8 Å². The summed E-state index contributed by atoms with van der Waals surface area (Å²) in [7, 11) is 0. The van der Waals surface area contributed by atoms with Crippen molar-refractivity contribution < 1.29 is 28.5 Å². The zero-order valence-electron chi connectivity index (χ0n) is 18.8. The van der Waals surface area contributed by atoms with Gasteiger partial charge in [0.25, 0.3) is 0 Å². The number of carbonyl (C=O) groups is 2. The molecule has 0 saturated carbocycles. The highest BCUT2D eigenvalue weighted by molar-refractivity contribution is 6.01. The lowest BCUT2D eigenvalue weighted by Crippen LogP contribution is -2.14. The van der Waals surface area contributed by atoms with E-state index in [2.05, 4.69) is 10.2 Å². The predicted octanol–water partition coefficient (Wildman–Crippen LogP) is 3.80. The molecular formula is C24H28N2O6. The second-order valence-electron chi connectivity index (χ2n) is 6.61. The SMILES string of the molecule is CCOC(=O)COc1ccc(/C(C)=N\N=C(/C)c2ccc(OCC(=O)OCC)cc2)cc1. The summed E-state index contributed by atoms with van der Waals surface area (Å²) in [5, 5.41) is 8.60. The van der Waals surface area contributed by atoms with Crippen molar-refractivity contribution in [3.63, 3.8) is 0 Å². The first-order valence-electron chi connectivity index (χ1n) is 10.3. The lowest BCUT2D eigenvalue weighted by molar-refractivity contribution is -0.146. The van der Waals surface area contributed by atoms with Gasteiger partial charge in [-0.2, -0.15) is 10.2 Å². The van der Waals surface area contributed by atoms with Crippen molar-refractivity contribution in [2.24, 2.45) is 10.2 Å². The van der Waals surface area contributed by atoms with Gasteiger partial charge in [-0.3, -0.25) is 0 Å². The molecule has 0 aliphatic heterocycles. The Morgan fingerprint density at radius 3 is 1.31 bits per heavy atom. The Bertz CT molecular complexity index is 870. The lowest BCUT2D eigenvalue weighted by atomic mass is 10.1. The van der Waals surface area contributed by atoms with Crippen molar-refractivity contribution in [1.29, 1.82) is 0 Å². The summed E-state index contributed by atoms with van der Waals surface area (Å²) in [6.45, 7) is 7.60. The molecule has 0 aliphatic rings. The number of esters is 2. The minimum atomic E-state index is -0.405. The van der Waals surface area contributed by atoms with E-state index in [-0.39, 0.29) is 13.2 Å². The van der Waals surface area contributed by atoms with Crippen LogP contribution in [0.1, 0.15) is 38.8 Å². The fraction of sp³-hybridized carbons (Fsp3) is 0.333. The molecular weight excluding hydrogens is 412 g/mol. The maximum absolute atomic E-state index is 11.4. The average molecular weight is 440 g/mol. The van der Waals surface area contributed by atoms with Gasteiger partial charge >= 0.3 is 11.9 Å². The molecule has 2 aromatic carbocycles. The van der Waals surface area contributed by atoms with Crippen LogP contribution in [-0.2, 0) is 19.1 Å². The maximum Gasteiger partial charge on any atom is 0.344 e. The van der Waals surface area contributed by atoms with Gasteiger partial charge in [0, 0.05) is 0 Å². The molecule has 0 spiro atoms. The van der Waals surface area contributed by atoms with Crippen LogP contribution < -0.4 is 9.47 Å². The molecule has 0 atom stereocenters. The zero-order valence-corrected chi connectivity index (χ0v) is 18.8. The van der Waals surface area contributed by atoms with E-state index in [1.165, 1.54) is 0 Å². The first kappa shape index (κ1) is 24.6. The van der Waals surface area contributed by atoms with Crippen LogP contribution in [0.25, 0.3) is 0 Å². The van der Waals surface area contributed by atoms with E-state index in [0.717, 1.165) is 22.6 Å². The summed E-state index contributed by atoms with van der Waals surface area (Å²) in [4.78, 5) is 22.7. The van der Waals surface area contributed by atoms with Gasteiger partial charge in [0.05, 0.1) is 24.6 Å². The van der Waals surface area contributed by atoms with Gasteiger partial charge in [0.2, 0.25) is 0 Å². The largest absolute Gasteiger partial charge is 0.482 e. The molecule has 0 bridgehead atoms. The molecule has 0 amide bonds. The summed E-state index contributed by atoms with van der Waals surface area (Å²) >= 11 is 0. The van der Waals surface area contributed by atoms with Gasteiger partial charge in [-0.1, -0.05) is 0 Å². The summed E-state index contributed by atoms with van der Waals surface area (Å²) in [6.07, 6.45) is 0. The first-order chi connectivity index (χ1) is 15.4. The molecule has 32 heavy (non-hydrogen) atoms. The predicted molar refractivity (Wildman–Crippen MR) is 122 cm³/mol. The molecule has 0 heterocycles. The molecule has 0 saturated heterocycles. The number of nitrogens with zero attached hydrogens (tertiary/aromatic N) is 2. The molecule has 8 nitrogen and oxygen atoms in total. The second kappa shape index (κ2) is 12.9. The average Bonchev–Trinajstić information content (AvgIpc) is 2.80. The maximum atomic E-state index is 11.4. The highest BCUT2D eigenvalue weighted by Crippen LogP contribution is 2.15. The standard InChI is InChI=1S/C24H28N2O6/c1-5-29-23(27)15-31-21-11-7-19(8-12-21)17(3)25-26-18(4)20-9-13-22(14-10-20)32-16-24(28)30-6-2/h7-14H,5-6,15-16H2,1-4H3/b25-17-,26-18+. The van der Waals surface area contributed by atoms with Gasteiger partial charge < -0.3 is 18.9 Å². The van der Waals surface area contributed by atoms with Crippen molar-refractivity contribution in [3.05, 3.63) is 59.7 Å². The molecule has 0 aliphatic carbocycles. The Labute approximate surface area is 187 Å². The van der Waals surface area contributed by atoms with Crippen molar-refractivity contribution in [2.45, 2.75) is 27.7 Å². The molecule has 0 unspecified atom stereocenters. The lowest BCUT2D eigenvalue weighted by Gasteiger charge is -2.07. The molecule has 0 aromatic heterocycles. The Morgan fingerprint density at radius 2 is 1.00 bits per heavy atom. The van der Waals surface area contributed by atoms with Gasteiger partial charge in [-0.25, -0.2) is 9.59 Å². The van der Waals surface area contributed by atoms with Gasteiger partial charge in [-0.05, 0) is 87.4 Å². The molecule has 2 rings (SSSR count). The van der Waals surface area contributed by atoms with Crippen molar-refractivity contribution in [2.75, 3.05) is 26.4 Å². The van der Waals surface area contributed by atoms with Gasteiger partial charge in [0.15, 0.2) is 13.2 Å². The number of hydrogen-bond donors (Lipinski definition) is 0. The minimum absolute atomic E-state index is 0.129.